The normalized spacial score (nSPS) is 26.4. The molecular formula is C17H34N4O2. The SMILES string of the molecule is CCNC(=NCC(=O)N(C)C)NC1C(C)C(OC)C1(CC)CC. The van der Waals surface area contributed by atoms with Crippen molar-refractivity contribution in [3.05, 3.63) is 0 Å². The van der Waals surface area contributed by atoms with Crippen molar-refractivity contribution < 1.29 is 9.53 Å². The second kappa shape index (κ2) is 8.52. The number of hydrogen-bond donors (Lipinski definition) is 2. The molecule has 0 saturated heterocycles. The molecule has 23 heavy (non-hydrogen) atoms. The monoisotopic (exact) mass is 326 g/mol. The molecule has 3 unspecified atom stereocenters. The van der Waals surface area contributed by atoms with Crippen molar-refractivity contribution in [2.75, 3.05) is 34.3 Å². The van der Waals surface area contributed by atoms with Crippen LogP contribution in [0.1, 0.15) is 40.5 Å². The smallest absolute Gasteiger partial charge is 0.243 e. The lowest BCUT2D eigenvalue weighted by Crippen LogP contribution is -2.70. The van der Waals surface area contributed by atoms with Crippen molar-refractivity contribution in [3.8, 4) is 0 Å². The summed E-state index contributed by atoms with van der Waals surface area (Å²) in [5.74, 6) is 1.12. The van der Waals surface area contributed by atoms with Gasteiger partial charge in [-0.2, -0.15) is 0 Å². The number of nitrogens with one attached hydrogen (secondary N) is 2. The van der Waals surface area contributed by atoms with Gasteiger partial charge in [0.25, 0.3) is 0 Å². The van der Waals surface area contributed by atoms with Gasteiger partial charge in [-0.3, -0.25) is 4.79 Å². The van der Waals surface area contributed by atoms with Gasteiger partial charge in [-0.15, -0.1) is 0 Å². The summed E-state index contributed by atoms with van der Waals surface area (Å²) in [6.07, 6.45) is 2.38. The Morgan fingerprint density at radius 1 is 1.26 bits per heavy atom. The van der Waals surface area contributed by atoms with Gasteiger partial charge in [0.1, 0.15) is 6.54 Å². The first-order valence-electron chi connectivity index (χ1n) is 8.65. The van der Waals surface area contributed by atoms with E-state index in [1.807, 2.05) is 6.92 Å². The van der Waals surface area contributed by atoms with Gasteiger partial charge in [-0.05, 0) is 19.8 Å². The largest absolute Gasteiger partial charge is 0.380 e. The number of ether oxygens (including phenoxy) is 1. The van der Waals surface area contributed by atoms with Crippen LogP contribution in [0.15, 0.2) is 4.99 Å². The fourth-order valence-electron chi connectivity index (χ4n) is 3.85. The Morgan fingerprint density at radius 2 is 1.87 bits per heavy atom. The Kier molecular flexibility index (Phi) is 7.32. The van der Waals surface area contributed by atoms with E-state index < -0.39 is 0 Å². The summed E-state index contributed by atoms with van der Waals surface area (Å²) in [4.78, 5) is 17.8. The Balaban J connectivity index is 2.86. The van der Waals surface area contributed by atoms with E-state index in [1.54, 1.807) is 26.1 Å². The van der Waals surface area contributed by atoms with Gasteiger partial charge in [-0.25, -0.2) is 4.99 Å². The minimum atomic E-state index is -0.00382. The molecule has 1 saturated carbocycles. The molecule has 1 rings (SSSR count). The van der Waals surface area contributed by atoms with E-state index in [1.165, 1.54) is 0 Å². The van der Waals surface area contributed by atoms with Crippen LogP contribution >= 0.6 is 0 Å². The molecule has 2 N–H and O–H groups in total. The number of aliphatic imine (C=N–C) groups is 1. The zero-order chi connectivity index (χ0) is 17.6. The summed E-state index contributed by atoms with van der Waals surface area (Å²) in [6.45, 7) is 9.60. The van der Waals surface area contributed by atoms with Crippen LogP contribution in [0.25, 0.3) is 0 Å². The topological polar surface area (TPSA) is 66.0 Å². The first-order chi connectivity index (χ1) is 10.9. The summed E-state index contributed by atoms with van der Waals surface area (Å²) >= 11 is 0. The average molecular weight is 326 g/mol. The number of methoxy groups -OCH3 is 1. The highest BCUT2D eigenvalue weighted by atomic mass is 16.5. The maximum atomic E-state index is 11.8. The summed E-state index contributed by atoms with van der Waals surface area (Å²) in [5, 5.41) is 6.79. The fourth-order valence-corrected chi connectivity index (χ4v) is 3.85. The van der Waals surface area contributed by atoms with Crippen LogP contribution in [0.2, 0.25) is 0 Å². The number of carbonyl (C=O) groups is 1. The van der Waals surface area contributed by atoms with Gasteiger partial charge >= 0.3 is 0 Å². The number of guanidine groups is 1. The van der Waals surface area contributed by atoms with Crippen LogP contribution in [0.5, 0.6) is 0 Å². The standard InChI is InChI=1S/C17H34N4O2/c1-8-17(9-2)14(12(4)15(17)23-7)20-16(18-10-3)19-11-13(22)21(5)6/h12,14-15H,8-11H2,1-7H3,(H2,18,19,20). The maximum Gasteiger partial charge on any atom is 0.243 e. The molecule has 1 fully saturated rings. The second-order valence-electron chi connectivity index (χ2n) is 6.56. The molecule has 0 aromatic rings. The molecule has 134 valence electrons. The van der Waals surface area contributed by atoms with Crippen molar-refractivity contribution in [2.45, 2.75) is 52.7 Å². The van der Waals surface area contributed by atoms with E-state index in [0.717, 1.165) is 19.4 Å². The van der Waals surface area contributed by atoms with Gasteiger partial charge in [0.15, 0.2) is 5.96 Å². The van der Waals surface area contributed by atoms with Gasteiger partial charge in [-0.1, -0.05) is 20.8 Å². The molecule has 6 nitrogen and oxygen atoms in total. The van der Waals surface area contributed by atoms with Crippen LogP contribution in [-0.4, -0.2) is 63.2 Å². The number of carbonyl (C=O) groups excluding carboxylic acids is 1. The Bertz CT molecular complexity index is 419. The van der Waals surface area contributed by atoms with Crippen LogP contribution in [-0.2, 0) is 9.53 Å². The highest BCUT2D eigenvalue weighted by molar-refractivity contribution is 5.85. The number of nitrogens with zero attached hydrogens (tertiary/aromatic N) is 2. The van der Waals surface area contributed by atoms with Crippen molar-refractivity contribution in [1.29, 1.82) is 0 Å². The van der Waals surface area contributed by atoms with Gasteiger partial charge < -0.3 is 20.3 Å². The van der Waals surface area contributed by atoms with Crippen LogP contribution < -0.4 is 10.6 Å². The number of amides is 1. The van der Waals surface area contributed by atoms with E-state index in [9.17, 15) is 4.79 Å². The summed E-state index contributed by atoms with van der Waals surface area (Å²) in [6, 6.07) is 0.301. The molecule has 0 aliphatic heterocycles. The zero-order valence-corrected chi connectivity index (χ0v) is 15.8. The van der Waals surface area contributed by atoms with E-state index >= 15 is 0 Å². The Labute approximate surface area is 141 Å². The van der Waals surface area contributed by atoms with E-state index in [4.69, 9.17) is 4.74 Å². The van der Waals surface area contributed by atoms with Crippen LogP contribution in [0, 0.1) is 11.3 Å². The van der Waals surface area contributed by atoms with E-state index in [-0.39, 0.29) is 24.0 Å². The lowest BCUT2D eigenvalue weighted by molar-refractivity contribution is -0.163. The Morgan fingerprint density at radius 3 is 2.30 bits per heavy atom. The molecule has 0 spiro atoms. The van der Waals surface area contributed by atoms with Crippen LogP contribution in [0.4, 0.5) is 0 Å². The predicted molar refractivity (Wildman–Crippen MR) is 94.6 cm³/mol. The minimum Gasteiger partial charge on any atom is -0.380 e. The third-order valence-electron chi connectivity index (χ3n) is 5.27. The van der Waals surface area contributed by atoms with Crippen molar-refractivity contribution in [3.63, 3.8) is 0 Å². The molecule has 1 aliphatic carbocycles. The first-order valence-corrected chi connectivity index (χ1v) is 8.65. The highest BCUT2D eigenvalue weighted by Gasteiger charge is 2.58. The molecule has 1 aliphatic rings. The third-order valence-corrected chi connectivity index (χ3v) is 5.27. The molecular weight excluding hydrogens is 292 g/mol. The van der Waals surface area contributed by atoms with E-state index in [0.29, 0.717) is 17.9 Å². The molecule has 1 amide bonds. The van der Waals surface area contributed by atoms with E-state index in [2.05, 4.69) is 36.4 Å². The number of hydrogen-bond acceptors (Lipinski definition) is 3. The van der Waals surface area contributed by atoms with Gasteiger partial charge in [0.2, 0.25) is 5.91 Å². The highest BCUT2D eigenvalue weighted by Crippen LogP contribution is 2.52. The lowest BCUT2D eigenvalue weighted by Gasteiger charge is -2.60. The quantitative estimate of drug-likeness (QED) is 0.549. The summed E-state index contributed by atoms with van der Waals surface area (Å²) < 4.78 is 5.74. The molecule has 0 radical (unpaired) electrons. The third kappa shape index (κ3) is 3.97. The van der Waals surface area contributed by atoms with Crippen LogP contribution in [0.3, 0.4) is 0 Å². The summed E-state index contributed by atoms with van der Waals surface area (Å²) in [5.41, 5.74) is 0.121. The molecule has 3 atom stereocenters. The average Bonchev–Trinajstić information content (AvgIpc) is 2.54. The Hall–Kier alpha value is -1.30. The van der Waals surface area contributed by atoms with Gasteiger partial charge in [0, 0.05) is 45.1 Å². The molecule has 0 bridgehead atoms. The maximum absolute atomic E-state index is 11.8. The predicted octanol–water partition coefficient (Wildman–Crippen LogP) is 1.47. The zero-order valence-electron chi connectivity index (χ0n) is 15.8. The van der Waals surface area contributed by atoms with Crippen molar-refractivity contribution in [1.82, 2.24) is 15.5 Å². The first kappa shape index (κ1) is 19.7. The number of likely N-dealkylation sites (N-methyl/N-ethyl adjacent to an activating group) is 1. The molecule has 6 heteroatoms. The second-order valence-corrected chi connectivity index (χ2v) is 6.56. The minimum absolute atomic E-state index is 0.00382. The van der Waals surface area contributed by atoms with Gasteiger partial charge in [0.05, 0.1) is 6.10 Å². The molecule has 0 heterocycles. The lowest BCUT2D eigenvalue weighted by atomic mass is 9.53. The van der Waals surface area contributed by atoms with Crippen molar-refractivity contribution in [2.24, 2.45) is 16.3 Å². The van der Waals surface area contributed by atoms with Crippen molar-refractivity contribution >= 4 is 11.9 Å². The fraction of sp³-hybridized carbons (Fsp3) is 0.882. The molecule has 0 aromatic heterocycles. The molecule has 0 aromatic carbocycles. The number of rotatable bonds is 7. The summed E-state index contributed by atoms with van der Waals surface area (Å²) in [7, 11) is 5.29.